The van der Waals surface area contributed by atoms with Gasteiger partial charge in [-0.05, 0) is 24.3 Å². The molecule has 0 saturated heterocycles. The number of carbonyl (C=O) groups excluding carboxylic acids is 2. The summed E-state index contributed by atoms with van der Waals surface area (Å²) in [4.78, 5) is 23.4. The summed E-state index contributed by atoms with van der Waals surface area (Å²) in [6.07, 6.45) is 0. The lowest BCUT2D eigenvalue weighted by Gasteiger charge is -2.08. The van der Waals surface area contributed by atoms with Gasteiger partial charge in [-0.25, -0.2) is 4.79 Å². The van der Waals surface area contributed by atoms with Crippen molar-refractivity contribution in [2.24, 2.45) is 0 Å². The number of esters is 1. The highest BCUT2D eigenvalue weighted by molar-refractivity contribution is 5.94. The van der Waals surface area contributed by atoms with Crippen LogP contribution in [0.4, 0.5) is 0 Å². The summed E-state index contributed by atoms with van der Waals surface area (Å²) in [5.41, 5.74) is 1.19. The molecule has 5 nitrogen and oxygen atoms in total. The number of hydrogen-bond acceptors (Lipinski definition) is 4. The smallest absolute Gasteiger partial charge is 0.338 e. The molecule has 0 aliphatic heterocycles. The van der Waals surface area contributed by atoms with E-state index >= 15 is 0 Å². The van der Waals surface area contributed by atoms with Crippen molar-refractivity contribution in [2.45, 2.75) is 0 Å². The molecule has 0 aromatic heterocycles. The van der Waals surface area contributed by atoms with E-state index in [9.17, 15) is 9.59 Å². The molecule has 2 N–H and O–H groups in total. The van der Waals surface area contributed by atoms with E-state index in [4.69, 9.17) is 4.74 Å². The summed E-state index contributed by atoms with van der Waals surface area (Å²) >= 11 is 0. The van der Waals surface area contributed by atoms with Crippen LogP contribution in [0.2, 0.25) is 0 Å². The predicted octanol–water partition coefficient (Wildman–Crippen LogP) is 1.86. The molecule has 0 aliphatic rings. The van der Waals surface area contributed by atoms with E-state index < -0.39 is 0 Å². The number of benzene rings is 2. The summed E-state index contributed by atoms with van der Waals surface area (Å²) in [5, 5.41) is 5.92. The van der Waals surface area contributed by atoms with Crippen LogP contribution in [0.1, 0.15) is 20.7 Å². The van der Waals surface area contributed by atoms with Crippen LogP contribution < -0.4 is 10.6 Å². The Bertz CT molecular complexity index is 559. The van der Waals surface area contributed by atoms with Gasteiger partial charge in [-0.15, -0.1) is 0 Å². The summed E-state index contributed by atoms with van der Waals surface area (Å²) in [7, 11) is 0. The van der Waals surface area contributed by atoms with Gasteiger partial charge in [0.1, 0.15) is 6.61 Å². The Labute approximate surface area is 135 Å². The molecule has 2 aromatic rings. The van der Waals surface area contributed by atoms with E-state index in [2.05, 4.69) is 10.6 Å². The van der Waals surface area contributed by atoms with E-state index in [1.165, 1.54) is 0 Å². The van der Waals surface area contributed by atoms with Crippen LogP contribution in [-0.2, 0) is 4.74 Å². The molecule has 0 saturated carbocycles. The van der Waals surface area contributed by atoms with E-state index in [0.717, 1.165) is 0 Å². The summed E-state index contributed by atoms with van der Waals surface area (Å²) in [5.74, 6) is -0.423. The molecule has 0 heterocycles. The molecular formula is C18H20N2O3. The molecule has 120 valence electrons. The van der Waals surface area contributed by atoms with Crippen molar-refractivity contribution in [2.75, 3.05) is 26.2 Å². The largest absolute Gasteiger partial charge is 0.461 e. The zero-order valence-electron chi connectivity index (χ0n) is 12.8. The fraction of sp³-hybridized carbons (Fsp3) is 0.222. The molecule has 0 aliphatic carbocycles. The predicted molar refractivity (Wildman–Crippen MR) is 88.4 cm³/mol. The molecule has 1 amide bonds. The van der Waals surface area contributed by atoms with E-state index in [1.807, 2.05) is 24.3 Å². The number of amides is 1. The lowest BCUT2D eigenvalue weighted by molar-refractivity contribution is 0.0509. The van der Waals surface area contributed by atoms with Gasteiger partial charge >= 0.3 is 5.97 Å². The number of hydrogen-bond donors (Lipinski definition) is 2. The Balaban J connectivity index is 1.53. The second-order valence-electron chi connectivity index (χ2n) is 4.87. The van der Waals surface area contributed by atoms with E-state index in [1.54, 1.807) is 36.4 Å². The first kappa shape index (κ1) is 16.7. The van der Waals surface area contributed by atoms with Gasteiger partial charge in [-0.3, -0.25) is 4.79 Å². The van der Waals surface area contributed by atoms with Crippen LogP contribution in [0, 0.1) is 0 Å². The van der Waals surface area contributed by atoms with E-state index in [-0.39, 0.29) is 11.9 Å². The van der Waals surface area contributed by atoms with Crippen molar-refractivity contribution < 1.29 is 14.3 Å². The minimum absolute atomic E-state index is 0.0945. The molecule has 23 heavy (non-hydrogen) atoms. The topological polar surface area (TPSA) is 67.4 Å². The monoisotopic (exact) mass is 312 g/mol. The van der Waals surface area contributed by atoms with Gasteiger partial charge in [0.25, 0.3) is 5.91 Å². The average Bonchev–Trinajstić information content (AvgIpc) is 2.62. The van der Waals surface area contributed by atoms with Crippen LogP contribution >= 0.6 is 0 Å². The van der Waals surface area contributed by atoms with Crippen LogP contribution in [0.5, 0.6) is 0 Å². The van der Waals surface area contributed by atoms with Crippen molar-refractivity contribution >= 4 is 11.9 Å². The minimum atomic E-state index is -0.329. The first-order valence-corrected chi connectivity index (χ1v) is 7.53. The molecule has 2 aromatic carbocycles. The first-order chi connectivity index (χ1) is 11.3. The second-order valence-corrected chi connectivity index (χ2v) is 4.87. The maximum Gasteiger partial charge on any atom is 0.338 e. The molecule has 0 spiro atoms. The third kappa shape index (κ3) is 5.92. The highest BCUT2D eigenvalue weighted by atomic mass is 16.5. The van der Waals surface area contributed by atoms with Crippen molar-refractivity contribution in [1.82, 2.24) is 10.6 Å². The number of carbonyl (C=O) groups is 2. The molecule has 5 heteroatoms. The average molecular weight is 312 g/mol. The zero-order chi connectivity index (χ0) is 16.3. The van der Waals surface area contributed by atoms with Crippen LogP contribution in [0.25, 0.3) is 0 Å². The number of nitrogens with one attached hydrogen (secondary N) is 2. The first-order valence-electron chi connectivity index (χ1n) is 7.53. The SMILES string of the molecule is O=C(NCCNCCOC(=O)c1ccccc1)c1ccccc1. The lowest BCUT2D eigenvalue weighted by Crippen LogP contribution is -2.33. The molecule has 2 rings (SSSR count). The van der Waals surface area contributed by atoms with Crippen LogP contribution in [-0.4, -0.2) is 38.1 Å². The number of ether oxygens (including phenoxy) is 1. The third-order valence-corrected chi connectivity index (χ3v) is 3.14. The Morgan fingerprint density at radius 2 is 1.39 bits per heavy atom. The maximum absolute atomic E-state index is 11.8. The summed E-state index contributed by atoms with van der Waals surface area (Å²) in [6, 6.07) is 17.9. The lowest BCUT2D eigenvalue weighted by atomic mass is 10.2. The zero-order valence-corrected chi connectivity index (χ0v) is 12.8. The second kappa shape index (κ2) is 9.38. The van der Waals surface area contributed by atoms with Crippen LogP contribution in [0.3, 0.4) is 0 Å². The van der Waals surface area contributed by atoms with Crippen molar-refractivity contribution in [3.63, 3.8) is 0 Å². The normalized spacial score (nSPS) is 10.1. The molecule has 0 unspecified atom stereocenters. The minimum Gasteiger partial charge on any atom is -0.461 e. The highest BCUT2D eigenvalue weighted by Gasteiger charge is 2.05. The fourth-order valence-electron chi connectivity index (χ4n) is 1.95. The van der Waals surface area contributed by atoms with Gasteiger partial charge in [-0.2, -0.15) is 0 Å². The Morgan fingerprint density at radius 1 is 0.783 bits per heavy atom. The summed E-state index contributed by atoms with van der Waals surface area (Å²) in [6.45, 7) is 1.96. The Hall–Kier alpha value is -2.66. The van der Waals surface area contributed by atoms with Crippen molar-refractivity contribution in [1.29, 1.82) is 0 Å². The molecule has 0 fully saturated rings. The fourth-order valence-corrected chi connectivity index (χ4v) is 1.95. The highest BCUT2D eigenvalue weighted by Crippen LogP contribution is 2.00. The van der Waals surface area contributed by atoms with Gasteiger partial charge < -0.3 is 15.4 Å². The van der Waals surface area contributed by atoms with Gasteiger partial charge in [0, 0.05) is 25.2 Å². The third-order valence-electron chi connectivity index (χ3n) is 3.14. The maximum atomic E-state index is 11.8. The van der Waals surface area contributed by atoms with Crippen molar-refractivity contribution in [3.8, 4) is 0 Å². The number of rotatable bonds is 8. The van der Waals surface area contributed by atoms with Crippen molar-refractivity contribution in [3.05, 3.63) is 71.8 Å². The quantitative estimate of drug-likeness (QED) is 0.577. The Morgan fingerprint density at radius 3 is 2.04 bits per heavy atom. The Kier molecular flexibility index (Phi) is 6.81. The molecule has 0 bridgehead atoms. The van der Waals surface area contributed by atoms with Crippen LogP contribution in [0.15, 0.2) is 60.7 Å². The molecular weight excluding hydrogens is 292 g/mol. The van der Waals surface area contributed by atoms with Gasteiger partial charge in [0.2, 0.25) is 0 Å². The molecule has 0 radical (unpaired) electrons. The van der Waals surface area contributed by atoms with E-state index in [0.29, 0.717) is 37.4 Å². The van der Waals surface area contributed by atoms with Gasteiger partial charge in [0.05, 0.1) is 5.56 Å². The molecule has 0 atom stereocenters. The summed E-state index contributed by atoms with van der Waals surface area (Å²) < 4.78 is 5.14. The van der Waals surface area contributed by atoms with Gasteiger partial charge in [-0.1, -0.05) is 36.4 Å². The standard InChI is InChI=1S/C18H20N2O3/c21-17(15-7-3-1-4-8-15)20-12-11-19-13-14-23-18(22)16-9-5-2-6-10-16/h1-10,19H,11-14H2,(H,20,21). The van der Waals surface area contributed by atoms with Gasteiger partial charge in [0.15, 0.2) is 0 Å².